The molecule has 1 heterocycles. The topological polar surface area (TPSA) is 51.0 Å². The molecule has 2 rings (SSSR count). The summed E-state index contributed by atoms with van der Waals surface area (Å²) in [7, 11) is 1.79. The van der Waals surface area contributed by atoms with Crippen LogP contribution in [0.1, 0.15) is 18.9 Å². The minimum Gasteiger partial charge on any atom is -0.419 e. The lowest BCUT2D eigenvalue weighted by molar-refractivity contribution is 0.439. The Bertz CT molecular complexity index is 484. The maximum absolute atomic E-state index is 13.4. The molecule has 0 spiro atoms. The average Bonchev–Trinajstić information content (AvgIpc) is 2.78. The Hall–Kier alpha value is -1.75. The van der Waals surface area contributed by atoms with Gasteiger partial charge in [0, 0.05) is 0 Å². The highest BCUT2D eigenvalue weighted by atomic mass is 19.1. The van der Waals surface area contributed by atoms with E-state index < -0.39 is 0 Å². The largest absolute Gasteiger partial charge is 0.419 e. The van der Waals surface area contributed by atoms with Crippen LogP contribution in [0.3, 0.4) is 0 Å². The van der Waals surface area contributed by atoms with Crippen LogP contribution in [-0.4, -0.2) is 17.2 Å². The van der Waals surface area contributed by atoms with Gasteiger partial charge in [0.2, 0.25) is 5.89 Å². The van der Waals surface area contributed by atoms with Gasteiger partial charge in [0.05, 0.1) is 11.6 Å². The van der Waals surface area contributed by atoms with E-state index in [1.54, 1.807) is 25.2 Å². The number of rotatable bonds is 3. The lowest BCUT2D eigenvalue weighted by Gasteiger charge is -2.02. The van der Waals surface area contributed by atoms with E-state index in [1.807, 2.05) is 6.92 Å². The summed E-state index contributed by atoms with van der Waals surface area (Å²) in [6.45, 7) is 1.89. The molecule has 1 N–H and O–H groups in total. The lowest BCUT2D eigenvalue weighted by atomic mass is 10.2. The Morgan fingerprint density at radius 1 is 1.31 bits per heavy atom. The molecule has 1 aromatic carbocycles. The first kappa shape index (κ1) is 10.8. The maximum Gasteiger partial charge on any atom is 0.250 e. The predicted molar refractivity (Wildman–Crippen MR) is 57.2 cm³/mol. The van der Waals surface area contributed by atoms with Crippen molar-refractivity contribution < 1.29 is 8.81 Å². The molecule has 0 saturated heterocycles. The van der Waals surface area contributed by atoms with Crippen molar-refractivity contribution in [2.45, 2.75) is 13.0 Å². The number of hydrogen-bond acceptors (Lipinski definition) is 4. The Balaban J connectivity index is 2.35. The second-order valence-corrected chi connectivity index (χ2v) is 3.44. The normalized spacial score (nSPS) is 12.7. The van der Waals surface area contributed by atoms with Crippen molar-refractivity contribution in [2.24, 2.45) is 0 Å². The van der Waals surface area contributed by atoms with E-state index in [9.17, 15) is 4.39 Å². The first-order valence-electron chi connectivity index (χ1n) is 4.98. The SMILES string of the molecule is CNC(C)c1nnc(-c2ccccc2F)o1. The van der Waals surface area contributed by atoms with Crippen LogP contribution in [-0.2, 0) is 0 Å². The molecule has 1 atom stereocenters. The number of nitrogens with one attached hydrogen (secondary N) is 1. The first-order valence-corrected chi connectivity index (χ1v) is 4.98. The van der Waals surface area contributed by atoms with Crippen LogP contribution in [0.2, 0.25) is 0 Å². The van der Waals surface area contributed by atoms with Gasteiger partial charge in [-0.3, -0.25) is 0 Å². The highest BCUT2D eigenvalue weighted by molar-refractivity contribution is 5.53. The minimum absolute atomic E-state index is 0.0481. The van der Waals surface area contributed by atoms with Crippen LogP contribution >= 0.6 is 0 Å². The Morgan fingerprint density at radius 3 is 2.75 bits per heavy atom. The molecule has 0 aliphatic carbocycles. The summed E-state index contributed by atoms with van der Waals surface area (Å²) in [5.74, 6) is 0.283. The molecule has 0 radical (unpaired) electrons. The average molecular weight is 221 g/mol. The molecule has 0 aliphatic heterocycles. The molecule has 84 valence electrons. The molecule has 0 saturated carbocycles. The maximum atomic E-state index is 13.4. The summed E-state index contributed by atoms with van der Waals surface area (Å²) < 4.78 is 18.8. The highest BCUT2D eigenvalue weighted by Crippen LogP contribution is 2.22. The summed E-state index contributed by atoms with van der Waals surface area (Å²) in [6.07, 6.45) is 0. The van der Waals surface area contributed by atoms with Gasteiger partial charge in [0.1, 0.15) is 5.82 Å². The fourth-order valence-corrected chi connectivity index (χ4v) is 1.28. The molecule has 2 aromatic rings. The quantitative estimate of drug-likeness (QED) is 0.862. The van der Waals surface area contributed by atoms with Gasteiger partial charge in [-0.2, -0.15) is 0 Å². The van der Waals surface area contributed by atoms with Crippen molar-refractivity contribution >= 4 is 0 Å². The molecule has 1 aromatic heterocycles. The van der Waals surface area contributed by atoms with E-state index in [0.717, 1.165) is 0 Å². The van der Waals surface area contributed by atoms with Crippen molar-refractivity contribution in [3.63, 3.8) is 0 Å². The molecule has 5 heteroatoms. The van der Waals surface area contributed by atoms with Crippen LogP contribution in [0.15, 0.2) is 28.7 Å². The number of nitrogens with zero attached hydrogens (tertiary/aromatic N) is 2. The number of benzene rings is 1. The lowest BCUT2D eigenvalue weighted by Crippen LogP contribution is -2.12. The van der Waals surface area contributed by atoms with E-state index in [-0.39, 0.29) is 17.7 Å². The monoisotopic (exact) mass is 221 g/mol. The van der Waals surface area contributed by atoms with Crippen LogP contribution in [0, 0.1) is 5.82 Å². The zero-order valence-electron chi connectivity index (χ0n) is 9.07. The van der Waals surface area contributed by atoms with Crippen LogP contribution < -0.4 is 5.32 Å². The molecule has 0 amide bonds. The Labute approximate surface area is 92.5 Å². The van der Waals surface area contributed by atoms with Gasteiger partial charge in [-0.1, -0.05) is 12.1 Å². The Kier molecular flexibility index (Phi) is 2.96. The summed E-state index contributed by atoms with van der Waals surface area (Å²) in [6, 6.07) is 6.26. The standard InChI is InChI=1S/C11H12FN3O/c1-7(13-2)10-14-15-11(16-10)8-5-3-4-6-9(8)12/h3-7,13H,1-2H3. The van der Waals surface area contributed by atoms with Crippen molar-refractivity contribution in [3.05, 3.63) is 36.0 Å². The van der Waals surface area contributed by atoms with Crippen LogP contribution in [0.5, 0.6) is 0 Å². The molecule has 16 heavy (non-hydrogen) atoms. The number of halogens is 1. The minimum atomic E-state index is -0.366. The molecule has 0 aliphatic rings. The fourth-order valence-electron chi connectivity index (χ4n) is 1.28. The summed E-state index contributed by atoms with van der Waals surface area (Å²) >= 11 is 0. The van der Waals surface area contributed by atoms with Gasteiger partial charge in [-0.05, 0) is 26.1 Å². The van der Waals surface area contributed by atoms with E-state index >= 15 is 0 Å². The number of hydrogen-bond donors (Lipinski definition) is 1. The van der Waals surface area contributed by atoms with Gasteiger partial charge < -0.3 is 9.73 Å². The van der Waals surface area contributed by atoms with E-state index in [1.165, 1.54) is 6.07 Å². The van der Waals surface area contributed by atoms with E-state index in [4.69, 9.17) is 4.42 Å². The third-order valence-corrected chi connectivity index (χ3v) is 2.35. The first-order chi connectivity index (χ1) is 7.72. The fraction of sp³-hybridized carbons (Fsp3) is 0.273. The van der Waals surface area contributed by atoms with Gasteiger partial charge >= 0.3 is 0 Å². The number of aromatic nitrogens is 2. The van der Waals surface area contributed by atoms with Gasteiger partial charge in [-0.15, -0.1) is 10.2 Å². The summed E-state index contributed by atoms with van der Waals surface area (Å²) in [4.78, 5) is 0. The molecule has 4 nitrogen and oxygen atoms in total. The van der Waals surface area contributed by atoms with Crippen molar-refractivity contribution in [1.29, 1.82) is 0 Å². The molecular formula is C11H12FN3O. The third-order valence-electron chi connectivity index (χ3n) is 2.35. The Morgan fingerprint density at radius 2 is 2.06 bits per heavy atom. The molecular weight excluding hydrogens is 209 g/mol. The zero-order valence-corrected chi connectivity index (χ0v) is 9.07. The van der Waals surface area contributed by atoms with Crippen molar-refractivity contribution in [3.8, 4) is 11.5 Å². The second-order valence-electron chi connectivity index (χ2n) is 3.44. The van der Waals surface area contributed by atoms with Gasteiger partial charge in [0.15, 0.2) is 0 Å². The van der Waals surface area contributed by atoms with E-state index in [2.05, 4.69) is 15.5 Å². The molecule has 0 fully saturated rings. The molecule has 0 bridgehead atoms. The van der Waals surface area contributed by atoms with Gasteiger partial charge in [-0.25, -0.2) is 4.39 Å². The van der Waals surface area contributed by atoms with Crippen LogP contribution in [0.4, 0.5) is 4.39 Å². The summed E-state index contributed by atoms with van der Waals surface area (Å²) in [5.41, 5.74) is 0.324. The van der Waals surface area contributed by atoms with Crippen LogP contribution in [0.25, 0.3) is 11.5 Å². The highest BCUT2D eigenvalue weighted by Gasteiger charge is 2.15. The third kappa shape index (κ3) is 1.94. The second kappa shape index (κ2) is 4.40. The van der Waals surface area contributed by atoms with Gasteiger partial charge in [0.25, 0.3) is 5.89 Å². The van der Waals surface area contributed by atoms with E-state index in [0.29, 0.717) is 11.5 Å². The van der Waals surface area contributed by atoms with Crippen molar-refractivity contribution in [1.82, 2.24) is 15.5 Å². The predicted octanol–water partition coefficient (Wildman–Crippen LogP) is 2.16. The summed E-state index contributed by atoms with van der Waals surface area (Å²) in [5, 5.41) is 10.6. The molecule has 1 unspecified atom stereocenters. The van der Waals surface area contributed by atoms with Crippen molar-refractivity contribution in [2.75, 3.05) is 7.05 Å². The smallest absolute Gasteiger partial charge is 0.250 e. The zero-order chi connectivity index (χ0) is 11.5.